The Kier molecular flexibility index (Phi) is 4.74. The van der Waals surface area contributed by atoms with Crippen LogP contribution < -0.4 is 15.4 Å². The van der Waals surface area contributed by atoms with Gasteiger partial charge >= 0.3 is 0 Å². The highest BCUT2D eigenvalue weighted by atomic mass is 35.5. The molecule has 0 bridgehead atoms. The number of nitrogen functional groups attached to an aromatic ring is 1. The molecule has 2 aromatic carbocycles. The average molecular weight is 291 g/mol. The van der Waals surface area contributed by atoms with Crippen LogP contribution in [0.5, 0.6) is 11.5 Å². The Labute approximate surface area is 125 Å². The number of halogens is 1. The number of benzene rings is 2. The fourth-order valence-corrected chi connectivity index (χ4v) is 2.45. The number of rotatable bonds is 3. The molecule has 0 aliphatic carbocycles. The molecule has 0 unspecified atom stereocenters. The van der Waals surface area contributed by atoms with Crippen molar-refractivity contribution in [1.82, 2.24) is 0 Å². The monoisotopic (exact) mass is 290 g/mol. The second-order valence-corrected chi connectivity index (χ2v) is 4.84. The van der Waals surface area contributed by atoms with Crippen LogP contribution in [0.4, 0.5) is 11.4 Å². The molecule has 106 valence electrons. The van der Waals surface area contributed by atoms with E-state index < -0.39 is 0 Å². The number of hydrogen-bond donors (Lipinski definition) is 1. The van der Waals surface area contributed by atoms with Crippen molar-refractivity contribution in [1.29, 1.82) is 0 Å². The minimum atomic E-state index is 0. The second kappa shape index (κ2) is 6.53. The first-order valence-corrected chi connectivity index (χ1v) is 6.70. The van der Waals surface area contributed by atoms with Crippen molar-refractivity contribution >= 4 is 23.8 Å². The molecular weight excluding hydrogens is 272 g/mol. The summed E-state index contributed by atoms with van der Waals surface area (Å²) < 4.78 is 5.98. The molecule has 0 aromatic heterocycles. The zero-order chi connectivity index (χ0) is 13.1. The van der Waals surface area contributed by atoms with Gasteiger partial charge in [0, 0.05) is 24.8 Å². The number of nitrogens with two attached hydrogens (primary N) is 1. The molecule has 3 nitrogen and oxygen atoms in total. The first-order chi connectivity index (χ1) is 9.33. The highest BCUT2D eigenvalue weighted by Crippen LogP contribution is 2.35. The lowest BCUT2D eigenvalue weighted by Gasteiger charge is -2.21. The quantitative estimate of drug-likeness (QED) is 0.866. The number of anilines is 2. The van der Waals surface area contributed by atoms with Crippen molar-refractivity contribution in [2.75, 3.05) is 23.7 Å². The molecule has 2 N–H and O–H groups in total. The third-order valence-corrected chi connectivity index (χ3v) is 3.40. The number of nitrogens with zero attached hydrogens (tertiary/aromatic N) is 1. The van der Waals surface area contributed by atoms with Gasteiger partial charge in [0.1, 0.15) is 5.75 Å². The summed E-state index contributed by atoms with van der Waals surface area (Å²) in [6.07, 6.45) is 2.49. The van der Waals surface area contributed by atoms with E-state index in [1.165, 1.54) is 12.8 Å². The molecule has 1 heterocycles. The summed E-state index contributed by atoms with van der Waals surface area (Å²) in [7, 11) is 0. The topological polar surface area (TPSA) is 38.5 Å². The maximum absolute atomic E-state index is 5.98. The maximum Gasteiger partial charge on any atom is 0.152 e. The van der Waals surface area contributed by atoms with E-state index in [-0.39, 0.29) is 12.4 Å². The van der Waals surface area contributed by atoms with Gasteiger partial charge in [0.15, 0.2) is 5.75 Å². The maximum atomic E-state index is 5.98. The lowest BCUT2D eigenvalue weighted by Crippen LogP contribution is -2.18. The molecule has 2 aromatic rings. The molecule has 20 heavy (non-hydrogen) atoms. The van der Waals surface area contributed by atoms with Crippen molar-refractivity contribution in [3.05, 3.63) is 48.5 Å². The SMILES string of the molecule is Cl.Nc1ccc(N2CCCC2)c(Oc2ccccc2)c1. The van der Waals surface area contributed by atoms with Gasteiger partial charge in [0.2, 0.25) is 0 Å². The van der Waals surface area contributed by atoms with Crippen LogP contribution in [0.3, 0.4) is 0 Å². The standard InChI is InChI=1S/C16H18N2O.ClH/c17-13-8-9-15(18-10-4-5-11-18)16(12-13)19-14-6-2-1-3-7-14;/h1-3,6-9,12H,4-5,10-11,17H2;1H. The number of ether oxygens (including phenoxy) is 1. The van der Waals surface area contributed by atoms with Gasteiger partial charge in [-0.15, -0.1) is 12.4 Å². The molecule has 1 aliphatic heterocycles. The zero-order valence-electron chi connectivity index (χ0n) is 11.3. The van der Waals surface area contributed by atoms with E-state index in [2.05, 4.69) is 11.0 Å². The summed E-state index contributed by atoms with van der Waals surface area (Å²) >= 11 is 0. The van der Waals surface area contributed by atoms with Crippen molar-refractivity contribution in [2.45, 2.75) is 12.8 Å². The highest BCUT2D eigenvalue weighted by molar-refractivity contribution is 5.85. The van der Waals surface area contributed by atoms with Crippen molar-refractivity contribution in [3.63, 3.8) is 0 Å². The number of hydrogen-bond acceptors (Lipinski definition) is 3. The Balaban J connectivity index is 0.00000147. The van der Waals surface area contributed by atoms with E-state index in [9.17, 15) is 0 Å². The fraction of sp³-hybridized carbons (Fsp3) is 0.250. The van der Waals surface area contributed by atoms with Gasteiger partial charge in [0.25, 0.3) is 0 Å². The Morgan fingerprint density at radius 2 is 1.65 bits per heavy atom. The van der Waals surface area contributed by atoms with E-state index in [1.54, 1.807) is 0 Å². The summed E-state index contributed by atoms with van der Waals surface area (Å²) in [5.74, 6) is 1.68. The Morgan fingerprint density at radius 3 is 2.35 bits per heavy atom. The van der Waals surface area contributed by atoms with Gasteiger partial charge in [-0.3, -0.25) is 0 Å². The molecular formula is C16H19ClN2O. The van der Waals surface area contributed by atoms with Crippen LogP contribution >= 0.6 is 12.4 Å². The Bertz CT molecular complexity index is 554. The van der Waals surface area contributed by atoms with Gasteiger partial charge in [-0.05, 0) is 37.1 Å². The minimum Gasteiger partial charge on any atom is -0.455 e. The molecule has 0 amide bonds. The Morgan fingerprint density at radius 1 is 0.950 bits per heavy atom. The predicted molar refractivity (Wildman–Crippen MR) is 86.1 cm³/mol. The second-order valence-electron chi connectivity index (χ2n) is 4.84. The third kappa shape index (κ3) is 3.17. The van der Waals surface area contributed by atoms with E-state index in [0.29, 0.717) is 0 Å². The van der Waals surface area contributed by atoms with E-state index in [0.717, 1.165) is 36.0 Å². The van der Waals surface area contributed by atoms with Gasteiger partial charge < -0.3 is 15.4 Å². The molecule has 1 fully saturated rings. The molecule has 0 radical (unpaired) electrons. The van der Waals surface area contributed by atoms with Crippen LogP contribution in [0.25, 0.3) is 0 Å². The van der Waals surface area contributed by atoms with Gasteiger partial charge in [0.05, 0.1) is 5.69 Å². The summed E-state index contributed by atoms with van der Waals surface area (Å²) in [5.41, 5.74) is 7.75. The molecule has 3 rings (SSSR count). The van der Waals surface area contributed by atoms with E-state index >= 15 is 0 Å². The molecule has 0 saturated carbocycles. The lowest BCUT2D eigenvalue weighted by atomic mass is 10.2. The summed E-state index contributed by atoms with van der Waals surface area (Å²) in [4.78, 5) is 2.36. The van der Waals surface area contributed by atoms with Gasteiger partial charge in [-0.1, -0.05) is 18.2 Å². The fourth-order valence-electron chi connectivity index (χ4n) is 2.45. The van der Waals surface area contributed by atoms with Crippen LogP contribution in [-0.2, 0) is 0 Å². The first-order valence-electron chi connectivity index (χ1n) is 6.70. The molecule has 0 spiro atoms. The predicted octanol–water partition coefficient (Wildman–Crippen LogP) is 4.08. The van der Waals surface area contributed by atoms with Crippen LogP contribution in [0.15, 0.2) is 48.5 Å². The van der Waals surface area contributed by atoms with Crippen LogP contribution in [0.1, 0.15) is 12.8 Å². The zero-order valence-corrected chi connectivity index (χ0v) is 12.1. The Hall–Kier alpha value is -1.87. The normalized spacial score (nSPS) is 13.9. The largest absolute Gasteiger partial charge is 0.455 e. The minimum absolute atomic E-state index is 0. The summed E-state index contributed by atoms with van der Waals surface area (Å²) in [5, 5.41) is 0. The van der Waals surface area contributed by atoms with Gasteiger partial charge in [-0.2, -0.15) is 0 Å². The van der Waals surface area contributed by atoms with Gasteiger partial charge in [-0.25, -0.2) is 0 Å². The van der Waals surface area contributed by atoms with Crippen LogP contribution in [0.2, 0.25) is 0 Å². The molecule has 1 saturated heterocycles. The first kappa shape index (κ1) is 14.5. The lowest BCUT2D eigenvalue weighted by molar-refractivity contribution is 0.482. The van der Waals surface area contributed by atoms with E-state index in [4.69, 9.17) is 10.5 Å². The molecule has 1 aliphatic rings. The summed E-state index contributed by atoms with van der Waals surface area (Å²) in [6.45, 7) is 2.18. The van der Waals surface area contributed by atoms with Crippen molar-refractivity contribution in [2.24, 2.45) is 0 Å². The van der Waals surface area contributed by atoms with Crippen molar-refractivity contribution < 1.29 is 4.74 Å². The molecule has 4 heteroatoms. The van der Waals surface area contributed by atoms with E-state index in [1.807, 2.05) is 42.5 Å². The molecule has 0 atom stereocenters. The van der Waals surface area contributed by atoms with Crippen molar-refractivity contribution in [3.8, 4) is 11.5 Å². The van der Waals surface area contributed by atoms with Crippen LogP contribution in [-0.4, -0.2) is 13.1 Å². The average Bonchev–Trinajstić information content (AvgIpc) is 2.94. The smallest absolute Gasteiger partial charge is 0.152 e. The van der Waals surface area contributed by atoms with Crippen LogP contribution in [0, 0.1) is 0 Å². The third-order valence-electron chi connectivity index (χ3n) is 3.40. The number of para-hydroxylation sites is 1. The summed E-state index contributed by atoms with van der Waals surface area (Å²) in [6, 6.07) is 15.7. The highest BCUT2D eigenvalue weighted by Gasteiger charge is 2.17.